The third-order valence-electron chi connectivity index (χ3n) is 9.79. The monoisotopic (exact) mass is 991 g/mol. The molecule has 0 aliphatic heterocycles. The highest BCUT2D eigenvalue weighted by Gasteiger charge is 2.35. The lowest BCUT2D eigenvalue weighted by Crippen LogP contribution is -2.62. The number of amides is 8. The van der Waals surface area contributed by atoms with Gasteiger partial charge in [-0.15, -0.1) is 0 Å². The van der Waals surface area contributed by atoms with Gasteiger partial charge in [0.15, 0.2) is 11.9 Å². The van der Waals surface area contributed by atoms with Crippen LogP contribution in [-0.2, 0) is 43.2 Å². The number of aliphatic carboxylic acids is 1. The van der Waals surface area contributed by atoms with Crippen molar-refractivity contribution in [3.63, 3.8) is 0 Å². The molecule has 0 saturated carbocycles. The first-order valence-corrected chi connectivity index (χ1v) is 22.6. The number of aliphatic hydroxyl groups excluding tert-OH is 2. The molecule has 29 heteroatoms. The summed E-state index contributed by atoms with van der Waals surface area (Å²) in [5, 5.41) is 47.0. The first-order chi connectivity index (χ1) is 31.9. The number of nitrogens with zero attached hydrogens (tertiary/aromatic N) is 2. The van der Waals surface area contributed by atoms with Crippen LogP contribution < -0.4 is 77.4 Å². The quantitative estimate of drug-likeness (QED) is 0.0121. The van der Waals surface area contributed by atoms with E-state index in [1.54, 1.807) is 13.8 Å². The number of rotatable bonds is 35. The zero-order valence-electron chi connectivity index (χ0n) is 38.8. The molecule has 0 saturated heterocycles. The maximum Gasteiger partial charge on any atom is 0.326 e. The van der Waals surface area contributed by atoms with Gasteiger partial charge in [0.2, 0.25) is 47.3 Å². The van der Waals surface area contributed by atoms with Crippen molar-refractivity contribution in [2.24, 2.45) is 56.0 Å². The molecule has 28 nitrogen and oxygen atoms in total. The summed E-state index contributed by atoms with van der Waals surface area (Å²) < 4.78 is 0. The lowest BCUT2D eigenvalue weighted by atomic mass is 10.0. The summed E-state index contributed by atoms with van der Waals surface area (Å²) in [7, 11) is 0. The molecule has 0 rings (SSSR count). The van der Waals surface area contributed by atoms with Crippen LogP contribution in [0, 0.1) is 5.92 Å². The second-order valence-corrected chi connectivity index (χ2v) is 16.6. The van der Waals surface area contributed by atoms with Crippen molar-refractivity contribution in [1.82, 2.24) is 37.2 Å². The molecule has 0 bridgehead atoms. The lowest BCUT2D eigenvalue weighted by molar-refractivity contribution is -0.142. The van der Waals surface area contributed by atoms with E-state index in [9.17, 15) is 58.5 Å². The van der Waals surface area contributed by atoms with Crippen molar-refractivity contribution in [3.8, 4) is 0 Å². The highest BCUT2D eigenvalue weighted by Crippen LogP contribution is 2.10. The summed E-state index contributed by atoms with van der Waals surface area (Å²) in [5.41, 5.74) is 38.2. The Kier molecular flexibility index (Phi) is 30.5. The molecule has 0 unspecified atom stereocenters. The average molecular weight is 991 g/mol. The second-order valence-electron chi connectivity index (χ2n) is 16.2. The fourth-order valence-electron chi connectivity index (χ4n) is 6.11. The first kappa shape index (κ1) is 62.0. The van der Waals surface area contributed by atoms with Crippen LogP contribution in [-0.4, -0.2) is 167 Å². The molecular weight excluding hydrogens is 917 g/mol. The van der Waals surface area contributed by atoms with E-state index in [4.69, 9.17) is 40.1 Å². The van der Waals surface area contributed by atoms with Crippen molar-refractivity contribution in [1.29, 1.82) is 0 Å². The van der Waals surface area contributed by atoms with Gasteiger partial charge in [-0.1, -0.05) is 13.8 Å². The van der Waals surface area contributed by atoms with Gasteiger partial charge in [-0.25, -0.2) is 4.79 Å². The van der Waals surface area contributed by atoms with Gasteiger partial charge in [0, 0.05) is 25.3 Å². The van der Waals surface area contributed by atoms with Crippen molar-refractivity contribution >= 4 is 77.8 Å². The standard InChI is InChI=1S/C39H74N16O12S/c1-19(2)16-25(33(62)50-23(11-12-28(42)58)31(60)54-27(18-68)35(64)51-24(37(66)67)9-4-5-13-40)52-34(63)26(17-56)53-36(65)29(20(3)57)55-32(61)22(10-7-15-48-39(45)46)49-30(59)21(41)8-6-14-47-38(43)44/h19-27,29,56-57,68H,4-18,40-41H2,1-3H3,(H2,42,58)(H,49,59)(H,50,62)(H,51,64)(H,52,63)(H,53,65)(H,54,60)(H,55,61)(H,66,67)(H4,43,44,47)(H4,45,46,48)/t20-,21+,22+,23+,24+,25+,26+,27+,29+/m1/s1. The summed E-state index contributed by atoms with van der Waals surface area (Å²) in [6.45, 7) is 4.03. The molecule has 0 aromatic rings. The number of hydrogen-bond donors (Lipinski definition) is 18. The molecule has 9 atom stereocenters. The number of nitrogens with two attached hydrogens (primary N) is 7. The number of aliphatic hydroxyl groups is 2. The number of carbonyl (C=O) groups is 9. The molecule has 0 heterocycles. The van der Waals surface area contributed by atoms with Crippen molar-refractivity contribution in [3.05, 3.63) is 0 Å². The molecule has 24 N–H and O–H groups in total. The summed E-state index contributed by atoms with van der Waals surface area (Å²) in [6.07, 6.45) is -0.983. The number of hydrogen-bond acceptors (Lipinski definition) is 16. The van der Waals surface area contributed by atoms with E-state index in [0.29, 0.717) is 25.8 Å². The molecule has 0 fully saturated rings. The predicted molar refractivity (Wildman–Crippen MR) is 252 cm³/mol. The molecule has 388 valence electrons. The van der Waals surface area contributed by atoms with Crippen LogP contribution in [0.4, 0.5) is 0 Å². The van der Waals surface area contributed by atoms with E-state index in [1.807, 2.05) is 0 Å². The average Bonchev–Trinajstić information content (AvgIpc) is 3.25. The Labute approximate surface area is 400 Å². The number of primary amides is 1. The number of guanidine groups is 2. The minimum atomic E-state index is -1.79. The Hall–Kier alpha value is -6.04. The van der Waals surface area contributed by atoms with Crippen LogP contribution in [0.15, 0.2) is 9.98 Å². The van der Waals surface area contributed by atoms with Gasteiger partial charge in [-0.3, -0.25) is 48.3 Å². The maximum atomic E-state index is 13.8. The van der Waals surface area contributed by atoms with Crippen molar-refractivity contribution < 1.29 is 58.5 Å². The smallest absolute Gasteiger partial charge is 0.326 e. The van der Waals surface area contributed by atoms with Gasteiger partial charge in [0.25, 0.3) is 0 Å². The number of carbonyl (C=O) groups excluding carboxylic acids is 8. The van der Waals surface area contributed by atoms with E-state index in [1.165, 1.54) is 0 Å². The highest BCUT2D eigenvalue weighted by atomic mass is 32.1. The summed E-state index contributed by atoms with van der Waals surface area (Å²) in [4.78, 5) is 125. The van der Waals surface area contributed by atoms with Crippen LogP contribution in [0.3, 0.4) is 0 Å². The van der Waals surface area contributed by atoms with E-state index in [0.717, 1.165) is 6.92 Å². The molecule has 0 spiro atoms. The number of carboxylic acid groups (broad SMARTS) is 1. The number of carboxylic acids is 1. The second kappa shape index (κ2) is 33.4. The summed E-state index contributed by atoms with van der Waals surface area (Å²) >= 11 is 4.10. The van der Waals surface area contributed by atoms with Gasteiger partial charge in [-0.05, 0) is 77.2 Å². The van der Waals surface area contributed by atoms with Crippen LogP contribution in [0.5, 0.6) is 0 Å². The minimum Gasteiger partial charge on any atom is -0.480 e. The van der Waals surface area contributed by atoms with Crippen molar-refractivity contribution in [2.45, 2.75) is 139 Å². The van der Waals surface area contributed by atoms with E-state index < -0.39 is 121 Å². The van der Waals surface area contributed by atoms with E-state index in [2.05, 4.69) is 59.8 Å². The third kappa shape index (κ3) is 25.8. The molecule has 8 amide bonds. The molecule has 0 aliphatic carbocycles. The molecular formula is C39H74N16O12S. The topological polar surface area (TPSA) is 505 Å². The fraction of sp³-hybridized carbons (Fsp3) is 0.718. The van der Waals surface area contributed by atoms with Crippen molar-refractivity contribution in [2.75, 3.05) is 32.0 Å². The third-order valence-corrected chi connectivity index (χ3v) is 10.2. The Morgan fingerprint density at radius 2 is 1.00 bits per heavy atom. The number of thiol groups is 1. The SMILES string of the molecule is CC(C)C[C@H](NC(=O)[C@H](CO)NC(=O)[C@@H](NC(=O)[C@H](CCCN=C(N)N)NC(=O)[C@@H](N)CCCN=C(N)N)[C@@H](C)O)C(=O)N[C@@H](CCC(N)=O)C(=O)N[C@@H](CS)C(=O)N[C@@H](CCCCN)C(=O)O. The Morgan fingerprint density at radius 3 is 1.50 bits per heavy atom. The maximum absolute atomic E-state index is 13.8. The molecule has 0 aliphatic rings. The van der Waals surface area contributed by atoms with Gasteiger partial charge >= 0.3 is 5.97 Å². The van der Waals surface area contributed by atoms with Gasteiger partial charge in [0.1, 0.15) is 42.3 Å². The fourth-order valence-corrected chi connectivity index (χ4v) is 6.37. The number of unbranched alkanes of at least 4 members (excludes halogenated alkanes) is 1. The molecule has 0 radical (unpaired) electrons. The van der Waals surface area contributed by atoms with E-state index in [-0.39, 0.29) is 75.2 Å². The van der Waals surface area contributed by atoms with Crippen LogP contribution >= 0.6 is 12.6 Å². The minimum absolute atomic E-state index is 0.0525. The lowest BCUT2D eigenvalue weighted by Gasteiger charge is -2.28. The predicted octanol–water partition coefficient (Wildman–Crippen LogP) is -7.36. The molecule has 68 heavy (non-hydrogen) atoms. The zero-order chi connectivity index (χ0) is 52.1. The summed E-state index contributed by atoms with van der Waals surface area (Å²) in [6, 6.07) is -11.7. The van der Waals surface area contributed by atoms with Crippen LogP contribution in [0.2, 0.25) is 0 Å². The first-order valence-electron chi connectivity index (χ1n) is 22.0. The van der Waals surface area contributed by atoms with Crippen LogP contribution in [0.1, 0.15) is 85.0 Å². The van der Waals surface area contributed by atoms with Crippen LogP contribution in [0.25, 0.3) is 0 Å². The van der Waals surface area contributed by atoms with E-state index >= 15 is 0 Å². The Morgan fingerprint density at radius 1 is 0.559 bits per heavy atom. The summed E-state index contributed by atoms with van der Waals surface area (Å²) in [5.74, 6) is -9.94. The number of aliphatic imine (C=N–C) groups is 2. The largest absolute Gasteiger partial charge is 0.480 e. The Balaban J connectivity index is 6.24. The normalized spacial score (nSPS) is 15.0. The number of nitrogens with one attached hydrogen (secondary N) is 7. The Bertz CT molecular complexity index is 1730. The van der Waals surface area contributed by atoms with Gasteiger partial charge < -0.3 is 92.7 Å². The van der Waals surface area contributed by atoms with Gasteiger partial charge in [-0.2, -0.15) is 12.6 Å². The molecule has 0 aromatic heterocycles. The van der Waals surface area contributed by atoms with Gasteiger partial charge in [0.05, 0.1) is 18.8 Å². The zero-order valence-corrected chi connectivity index (χ0v) is 39.7. The molecule has 0 aromatic carbocycles. The highest BCUT2D eigenvalue weighted by molar-refractivity contribution is 7.80.